The maximum absolute atomic E-state index is 12.9. The second-order valence-electron chi connectivity index (χ2n) is 8.43. The highest BCUT2D eigenvalue weighted by atomic mass is 32.2. The molecule has 8 heteroatoms. The van der Waals surface area contributed by atoms with Crippen molar-refractivity contribution in [3.8, 4) is 0 Å². The smallest absolute Gasteiger partial charge is 0.243 e. The van der Waals surface area contributed by atoms with Gasteiger partial charge in [-0.15, -0.1) is 0 Å². The monoisotopic (exact) mass is 491 g/mol. The van der Waals surface area contributed by atoms with Crippen molar-refractivity contribution >= 4 is 55.1 Å². The number of pyridine rings is 1. The summed E-state index contributed by atoms with van der Waals surface area (Å²) < 4.78 is 27.4. The number of amides is 1. The molecule has 1 aliphatic rings. The molecule has 1 aliphatic heterocycles. The Labute approximate surface area is 203 Å². The fourth-order valence-electron chi connectivity index (χ4n) is 4.31. The molecule has 0 unspecified atom stereocenters. The first-order valence-corrected chi connectivity index (χ1v) is 13.7. The first-order chi connectivity index (χ1) is 16.4. The minimum atomic E-state index is -3.48. The number of anilines is 1. The van der Waals surface area contributed by atoms with Crippen LogP contribution < -0.4 is 5.32 Å². The van der Waals surface area contributed by atoms with Gasteiger partial charge in [-0.2, -0.15) is 4.31 Å². The molecule has 1 saturated heterocycles. The summed E-state index contributed by atoms with van der Waals surface area (Å²) in [5, 5.41) is 6.62. The molecule has 5 rings (SSSR count). The Balaban J connectivity index is 1.32. The summed E-state index contributed by atoms with van der Waals surface area (Å²) in [4.78, 5) is 17.6. The molecule has 2 heterocycles. The molecule has 0 radical (unpaired) electrons. The molecule has 174 valence electrons. The Kier molecular flexibility index (Phi) is 6.29. The van der Waals surface area contributed by atoms with Gasteiger partial charge in [0.2, 0.25) is 15.9 Å². The van der Waals surface area contributed by atoms with Crippen molar-refractivity contribution in [1.29, 1.82) is 0 Å². The number of hydrogen-bond acceptors (Lipinski definition) is 5. The van der Waals surface area contributed by atoms with E-state index in [0.29, 0.717) is 18.0 Å². The lowest BCUT2D eigenvalue weighted by molar-refractivity contribution is -0.113. The van der Waals surface area contributed by atoms with Gasteiger partial charge in [-0.05, 0) is 61.0 Å². The molecular formula is C26H25N3O3S2. The van der Waals surface area contributed by atoms with E-state index in [9.17, 15) is 13.2 Å². The van der Waals surface area contributed by atoms with Crippen LogP contribution in [-0.4, -0.2) is 42.5 Å². The van der Waals surface area contributed by atoms with Gasteiger partial charge in [0.25, 0.3) is 0 Å². The van der Waals surface area contributed by atoms with Crippen LogP contribution in [0.3, 0.4) is 0 Å². The van der Waals surface area contributed by atoms with Crippen molar-refractivity contribution < 1.29 is 13.2 Å². The maximum Gasteiger partial charge on any atom is 0.243 e. The number of benzene rings is 3. The molecule has 0 atom stereocenters. The summed E-state index contributed by atoms with van der Waals surface area (Å²) in [5.74, 6) is 0.121. The molecule has 1 N–H and O–H groups in total. The summed E-state index contributed by atoms with van der Waals surface area (Å²) >= 11 is 1.36. The van der Waals surface area contributed by atoms with Crippen LogP contribution in [0.1, 0.15) is 18.4 Å². The summed E-state index contributed by atoms with van der Waals surface area (Å²) in [7, 11) is -3.48. The van der Waals surface area contributed by atoms with Crippen molar-refractivity contribution in [3.63, 3.8) is 0 Å². The molecule has 0 saturated carbocycles. The van der Waals surface area contributed by atoms with Gasteiger partial charge in [-0.1, -0.05) is 48.2 Å². The zero-order chi connectivity index (χ0) is 23.7. The lowest BCUT2D eigenvalue weighted by Gasteiger charge is -2.16. The number of aromatic nitrogens is 1. The van der Waals surface area contributed by atoms with Crippen molar-refractivity contribution in [2.75, 3.05) is 24.2 Å². The molecule has 1 fully saturated rings. The Hall–Kier alpha value is -2.94. The third-order valence-electron chi connectivity index (χ3n) is 6.08. The molecule has 34 heavy (non-hydrogen) atoms. The number of thioether (sulfide) groups is 1. The molecule has 4 aromatic rings. The van der Waals surface area contributed by atoms with Crippen LogP contribution in [0.5, 0.6) is 0 Å². The van der Waals surface area contributed by atoms with Gasteiger partial charge in [-0.3, -0.25) is 4.79 Å². The summed E-state index contributed by atoms with van der Waals surface area (Å²) in [6.07, 6.45) is 1.81. The minimum Gasteiger partial charge on any atom is -0.325 e. The van der Waals surface area contributed by atoms with Gasteiger partial charge in [0.1, 0.15) is 0 Å². The Morgan fingerprint density at radius 1 is 1.00 bits per heavy atom. The van der Waals surface area contributed by atoms with Gasteiger partial charge < -0.3 is 5.32 Å². The standard InChI is InChI=1S/C26H25N3O3S2/c1-18-15-26(33-17-25(30)27-23-10-6-8-19-7-2-3-9-21(19)23)28-24-12-11-20(16-22(18)24)34(31,32)29-13-4-5-14-29/h2-3,6-12,15-16H,4-5,13-14,17H2,1H3,(H,27,30). The molecule has 0 bridgehead atoms. The van der Waals surface area contributed by atoms with Crippen LogP contribution in [0.15, 0.2) is 76.7 Å². The van der Waals surface area contributed by atoms with E-state index in [1.165, 1.54) is 11.8 Å². The van der Waals surface area contributed by atoms with E-state index >= 15 is 0 Å². The van der Waals surface area contributed by atoms with Gasteiger partial charge in [0.15, 0.2) is 0 Å². The van der Waals surface area contributed by atoms with E-state index in [-0.39, 0.29) is 11.7 Å². The van der Waals surface area contributed by atoms with E-state index in [1.54, 1.807) is 22.5 Å². The second-order valence-corrected chi connectivity index (χ2v) is 11.4. The van der Waals surface area contributed by atoms with Crippen LogP contribution in [0.25, 0.3) is 21.7 Å². The molecule has 1 aromatic heterocycles. The highest BCUT2D eigenvalue weighted by Crippen LogP contribution is 2.29. The third-order valence-corrected chi connectivity index (χ3v) is 8.89. The van der Waals surface area contributed by atoms with Crippen molar-refractivity contribution in [2.24, 2.45) is 0 Å². The van der Waals surface area contributed by atoms with Gasteiger partial charge in [-0.25, -0.2) is 13.4 Å². The van der Waals surface area contributed by atoms with Crippen LogP contribution in [0.4, 0.5) is 5.69 Å². The number of nitrogens with zero attached hydrogens (tertiary/aromatic N) is 2. The van der Waals surface area contributed by atoms with Crippen molar-refractivity contribution in [1.82, 2.24) is 9.29 Å². The summed E-state index contributed by atoms with van der Waals surface area (Å²) in [6, 6.07) is 20.8. The zero-order valence-electron chi connectivity index (χ0n) is 18.8. The SMILES string of the molecule is Cc1cc(SCC(=O)Nc2cccc3ccccc23)nc2ccc(S(=O)(=O)N3CCCC3)cc12. The number of aryl methyl sites for hydroxylation is 1. The average Bonchev–Trinajstić information content (AvgIpc) is 3.39. The van der Waals surface area contributed by atoms with Crippen molar-refractivity contribution in [2.45, 2.75) is 29.7 Å². The quantitative estimate of drug-likeness (QED) is 0.375. The molecule has 1 amide bonds. The Morgan fingerprint density at radius 2 is 1.76 bits per heavy atom. The first kappa shape index (κ1) is 22.8. The number of carbonyl (C=O) groups excluding carboxylic acids is 1. The Morgan fingerprint density at radius 3 is 2.59 bits per heavy atom. The van der Waals surface area contributed by atoms with Crippen molar-refractivity contribution in [3.05, 3.63) is 72.3 Å². The number of nitrogens with one attached hydrogen (secondary N) is 1. The highest BCUT2D eigenvalue weighted by Gasteiger charge is 2.27. The summed E-state index contributed by atoms with van der Waals surface area (Å²) in [6.45, 7) is 3.10. The largest absolute Gasteiger partial charge is 0.325 e. The fourth-order valence-corrected chi connectivity index (χ4v) is 6.63. The lowest BCUT2D eigenvalue weighted by atomic mass is 10.1. The zero-order valence-corrected chi connectivity index (χ0v) is 20.5. The number of sulfonamides is 1. The van der Waals surface area contributed by atoms with E-state index in [2.05, 4.69) is 10.3 Å². The predicted molar refractivity (Wildman–Crippen MR) is 138 cm³/mol. The van der Waals surface area contributed by atoms with Crippen LogP contribution >= 0.6 is 11.8 Å². The number of hydrogen-bond donors (Lipinski definition) is 1. The molecule has 0 aliphatic carbocycles. The molecule has 0 spiro atoms. The van der Waals surface area contributed by atoms with E-state index in [4.69, 9.17) is 0 Å². The number of fused-ring (bicyclic) bond motifs is 2. The normalized spacial score (nSPS) is 14.6. The maximum atomic E-state index is 12.9. The first-order valence-electron chi connectivity index (χ1n) is 11.2. The van der Waals surface area contributed by atoms with Crippen LogP contribution in [0, 0.1) is 6.92 Å². The minimum absolute atomic E-state index is 0.104. The molecule has 3 aromatic carbocycles. The molecular weight excluding hydrogens is 466 g/mol. The fraction of sp³-hybridized carbons (Fsp3) is 0.231. The van der Waals surface area contributed by atoms with Gasteiger partial charge >= 0.3 is 0 Å². The topological polar surface area (TPSA) is 79.4 Å². The van der Waals surface area contributed by atoms with Gasteiger partial charge in [0, 0.05) is 29.5 Å². The number of rotatable bonds is 6. The van der Waals surface area contributed by atoms with E-state index in [0.717, 1.165) is 50.8 Å². The summed E-state index contributed by atoms with van der Waals surface area (Å²) in [5.41, 5.74) is 2.44. The highest BCUT2D eigenvalue weighted by molar-refractivity contribution is 7.99. The lowest BCUT2D eigenvalue weighted by Crippen LogP contribution is -2.27. The second kappa shape index (κ2) is 9.37. The third kappa shape index (κ3) is 4.53. The Bertz CT molecular complexity index is 1490. The molecule has 6 nitrogen and oxygen atoms in total. The average molecular weight is 492 g/mol. The van der Waals surface area contributed by atoms with Gasteiger partial charge in [0.05, 0.1) is 21.2 Å². The van der Waals surface area contributed by atoms with E-state index in [1.807, 2.05) is 55.5 Å². The number of carbonyl (C=O) groups is 1. The predicted octanol–water partition coefficient (Wildman–Crippen LogP) is 5.21. The van der Waals surface area contributed by atoms with E-state index < -0.39 is 10.0 Å². The van der Waals surface area contributed by atoms with Crippen LogP contribution in [-0.2, 0) is 14.8 Å². The van der Waals surface area contributed by atoms with Crippen LogP contribution in [0.2, 0.25) is 0 Å².